The first kappa shape index (κ1) is 11.2. The minimum Gasteiger partial charge on any atom is -0.481 e. The van der Waals surface area contributed by atoms with E-state index in [9.17, 15) is 4.79 Å². The molecule has 1 aromatic rings. The van der Waals surface area contributed by atoms with Crippen LogP contribution in [0.2, 0.25) is 0 Å². The van der Waals surface area contributed by atoms with Gasteiger partial charge in [-0.15, -0.1) is 0 Å². The number of halogens is 1. The van der Waals surface area contributed by atoms with Gasteiger partial charge in [0, 0.05) is 10.7 Å². The van der Waals surface area contributed by atoms with Gasteiger partial charge in [-0.1, -0.05) is 6.92 Å². The summed E-state index contributed by atoms with van der Waals surface area (Å²) in [6.45, 7) is 3.72. The molecule has 3 nitrogen and oxygen atoms in total. The van der Waals surface area contributed by atoms with Gasteiger partial charge in [0.2, 0.25) is 0 Å². The van der Waals surface area contributed by atoms with Crippen molar-refractivity contribution in [3.8, 4) is 0 Å². The van der Waals surface area contributed by atoms with Crippen molar-refractivity contribution in [2.75, 3.05) is 0 Å². The number of nitrogens with zero attached hydrogens (tertiary/aromatic N) is 1. The standard InChI is InChI=1S/C10H12BrNO2/c1-3-8(10(13)14)9-6(2)4-7(11)5-12-9/h4-5,8H,3H2,1-2H3,(H,13,14). The molecule has 14 heavy (non-hydrogen) atoms. The molecule has 1 atom stereocenters. The largest absolute Gasteiger partial charge is 0.481 e. The van der Waals surface area contributed by atoms with Gasteiger partial charge in [0.1, 0.15) is 0 Å². The number of aromatic nitrogens is 1. The second-order valence-electron chi connectivity index (χ2n) is 3.15. The number of rotatable bonds is 3. The van der Waals surface area contributed by atoms with Crippen LogP contribution in [0.4, 0.5) is 0 Å². The van der Waals surface area contributed by atoms with E-state index < -0.39 is 11.9 Å². The lowest BCUT2D eigenvalue weighted by Gasteiger charge is -2.11. The Bertz CT molecular complexity index is 352. The molecule has 76 valence electrons. The van der Waals surface area contributed by atoms with E-state index in [4.69, 9.17) is 5.11 Å². The lowest BCUT2D eigenvalue weighted by atomic mass is 9.98. The molecule has 0 aliphatic rings. The summed E-state index contributed by atoms with van der Waals surface area (Å²) in [5, 5.41) is 8.97. The summed E-state index contributed by atoms with van der Waals surface area (Å²) in [6, 6.07) is 1.88. The van der Waals surface area contributed by atoms with E-state index in [2.05, 4.69) is 20.9 Å². The highest BCUT2D eigenvalue weighted by Crippen LogP contribution is 2.23. The van der Waals surface area contributed by atoms with Gasteiger partial charge in [-0.3, -0.25) is 9.78 Å². The van der Waals surface area contributed by atoms with Crippen LogP contribution in [0.25, 0.3) is 0 Å². The van der Waals surface area contributed by atoms with Crippen LogP contribution in [0.3, 0.4) is 0 Å². The Morgan fingerprint density at radius 3 is 2.79 bits per heavy atom. The molecule has 1 rings (SSSR count). The molecule has 0 spiro atoms. The van der Waals surface area contributed by atoms with E-state index in [0.29, 0.717) is 12.1 Å². The van der Waals surface area contributed by atoms with Crippen molar-refractivity contribution in [3.63, 3.8) is 0 Å². The summed E-state index contributed by atoms with van der Waals surface area (Å²) >= 11 is 3.29. The van der Waals surface area contributed by atoms with Gasteiger partial charge >= 0.3 is 5.97 Å². The van der Waals surface area contributed by atoms with Crippen LogP contribution in [0.1, 0.15) is 30.5 Å². The van der Waals surface area contributed by atoms with Gasteiger partial charge in [0.05, 0.1) is 11.6 Å². The fourth-order valence-corrected chi connectivity index (χ4v) is 1.85. The number of carboxylic acids is 1. The number of hydrogen-bond acceptors (Lipinski definition) is 2. The van der Waals surface area contributed by atoms with E-state index in [0.717, 1.165) is 10.0 Å². The Hall–Kier alpha value is -0.900. The SMILES string of the molecule is CCC(C(=O)O)c1ncc(Br)cc1C. The van der Waals surface area contributed by atoms with Crippen molar-refractivity contribution in [1.82, 2.24) is 4.98 Å². The van der Waals surface area contributed by atoms with Gasteiger partial charge in [-0.2, -0.15) is 0 Å². The average Bonchev–Trinajstić information content (AvgIpc) is 2.09. The summed E-state index contributed by atoms with van der Waals surface area (Å²) in [5.41, 5.74) is 1.57. The Kier molecular flexibility index (Phi) is 3.63. The van der Waals surface area contributed by atoms with Crippen LogP contribution in [0, 0.1) is 6.92 Å². The maximum atomic E-state index is 10.9. The molecule has 0 saturated carbocycles. The molecule has 0 fully saturated rings. The zero-order valence-corrected chi connectivity index (χ0v) is 9.71. The second kappa shape index (κ2) is 4.55. The van der Waals surface area contributed by atoms with Crippen molar-refractivity contribution in [3.05, 3.63) is 28.0 Å². The number of aryl methyl sites for hydroxylation is 1. The Morgan fingerprint density at radius 2 is 2.36 bits per heavy atom. The highest BCUT2D eigenvalue weighted by Gasteiger charge is 2.20. The van der Waals surface area contributed by atoms with Gasteiger partial charge in [-0.05, 0) is 40.9 Å². The van der Waals surface area contributed by atoms with E-state index in [1.807, 2.05) is 19.9 Å². The molecular weight excluding hydrogens is 246 g/mol. The number of carboxylic acid groups (broad SMARTS) is 1. The summed E-state index contributed by atoms with van der Waals surface area (Å²) in [7, 11) is 0. The first-order valence-electron chi connectivity index (χ1n) is 4.41. The van der Waals surface area contributed by atoms with E-state index in [1.54, 1.807) is 6.20 Å². The third-order valence-corrected chi connectivity index (χ3v) is 2.56. The lowest BCUT2D eigenvalue weighted by molar-refractivity contribution is -0.139. The Balaban J connectivity index is 3.10. The lowest BCUT2D eigenvalue weighted by Crippen LogP contribution is -2.13. The first-order valence-corrected chi connectivity index (χ1v) is 5.20. The average molecular weight is 258 g/mol. The summed E-state index contributed by atoms with van der Waals surface area (Å²) in [4.78, 5) is 15.1. The van der Waals surface area contributed by atoms with Crippen LogP contribution in [-0.4, -0.2) is 16.1 Å². The van der Waals surface area contributed by atoms with Crippen LogP contribution in [0.5, 0.6) is 0 Å². The van der Waals surface area contributed by atoms with Crippen molar-refractivity contribution < 1.29 is 9.90 Å². The number of carbonyl (C=O) groups is 1. The van der Waals surface area contributed by atoms with Crippen molar-refractivity contribution in [1.29, 1.82) is 0 Å². The predicted molar refractivity (Wildman–Crippen MR) is 57.3 cm³/mol. The Morgan fingerprint density at radius 1 is 1.71 bits per heavy atom. The van der Waals surface area contributed by atoms with E-state index >= 15 is 0 Å². The van der Waals surface area contributed by atoms with Gasteiger partial charge in [-0.25, -0.2) is 0 Å². The molecule has 0 aromatic carbocycles. The maximum Gasteiger partial charge on any atom is 0.312 e. The fourth-order valence-electron chi connectivity index (χ4n) is 1.40. The van der Waals surface area contributed by atoms with Crippen LogP contribution in [-0.2, 0) is 4.79 Å². The molecule has 0 amide bonds. The van der Waals surface area contributed by atoms with Crippen LogP contribution in [0.15, 0.2) is 16.7 Å². The quantitative estimate of drug-likeness (QED) is 0.906. The van der Waals surface area contributed by atoms with Crippen molar-refractivity contribution >= 4 is 21.9 Å². The smallest absolute Gasteiger partial charge is 0.312 e. The molecule has 1 unspecified atom stereocenters. The topological polar surface area (TPSA) is 50.2 Å². The molecule has 4 heteroatoms. The highest BCUT2D eigenvalue weighted by atomic mass is 79.9. The molecule has 0 radical (unpaired) electrons. The minimum atomic E-state index is -0.814. The van der Waals surface area contributed by atoms with Crippen molar-refractivity contribution in [2.24, 2.45) is 0 Å². The molecule has 0 aliphatic heterocycles. The van der Waals surface area contributed by atoms with Gasteiger partial charge in [0.25, 0.3) is 0 Å². The van der Waals surface area contributed by atoms with Crippen LogP contribution < -0.4 is 0 Å². The van der Waals surface area contributed by atoms with Crippen LogP contribution >= 0.6 is 15.9 Å². The third kappa shape index (κ3) is 2.32. The van der Waals surface area contributed by atoms with Gasteiger partial charge < -0.3 is 5.11 Å². The fraction of sp³-hybridized carbons (Fsp3) is 0.400. The molecule has 0 saturated heterocycles. The zero-order valence-electron chi connectivity index (χ0n) is 8.12. The number of pyridine rings is 1. The van der Waals surface area contributed by atoms with Gasteiger partial charge in [0.15, 0.2) is 0 Å². The van der Waals surface area contributed by atoms with E-state index in [-0.39, 0.29) is 0 Å². The number of hydrogen-bond donors (Lipinski definition) is 1. The van der Waals surface area contributed by atoms with E-state index in [1.165, 1.54) is 0 Å². The molecular formula is C10H12BrNO2. The number of aliphatic carboxylic acids is 1. The monoisotopic (exact) mass is 257 g/mol. The highest BCUT2D eigenvalue weighted by molar-refractivity contribution is 9.10. The van der Waals surface area contributed by atoms with Crippen molar-refractivity contribution in [2.45, 2.75) is 26.2 Å². The minimum absolute atomic E-state index is 0.497. The predicted octanol–water partition coefficient (Wildman–Crippen LogP) is 2.73. The molecule has 1 aromatic heterocycles. The summed E-state index contributed by atoms with van der Waals surface area (Å²) < 4.78 is 0.874. The molecule has 0 bridgehead atoms. The molecule has 1 N–H and O–H groups in total. The third-order valence-electron chi connectivity index (χ3n) is 2.12. The molecule has 0 aliphatic carbocycles. The second-order valence-corrected chi connectivity index (χ2v) is 4.07. The maximum absolute atomic E-state index is 10.9. The Labute approximate surface area is 91.3 Å². The zero-order chi connectivity index (χ0) is 10.7. The summed E-state index contributed by atoms with van der Waals surface area (Å²) in [5.74, 6) is -1.31. The molecule has 1 heterocycles. The summed E-state index contributed by atoms with van der Waals surface area (Å²) in [6.07, 6.45) is 2.19. The normalized spacial score (nSPS) is 12.5. The first-order chi connectivity index (χ1) is 6.56.